The van der Waals surface area contributed by atoms with E-state index in [-0.39, 0.29) is 0 Å². The molecule has 2 aromatic rings. The van der Waals surface area contributed by atoms with Gasteiger partial charge in [0.15, 0.2) is 0 Å². The molecule has 126 valence electrons. The number of sulfonamides is 1. The molecule has 0 radical (unpaired) electrons. The van der Waals surface area contributed by atoms with Crippen LogP contribution in [-0.2, 0) is 16.4 Å². The van der Waals surface area contributed by atoms with E-state index >= 15 is 0 Å². The normalized spacial score (nSPS) is 13.7. The molecule has 1 heterocycles. The lowest BCUT2D eigenvalue weighted by atomic mass is 10.1. The lowest BCUT2D eigenvalue weighted by molar-refractivity contribution is 0.102. The van der Waals surface area contributed by atoms with Gasteiger partial charge in [0.05, 0.1) is 11.9 Å². The van der Waals surface area contributed by atoms with Crippen molar-refractivity contribution >= 4 is 27.3 Å². The van der Waals surface area contributed by atoms with E-state index in [0.717, 1.165) is 17.4 Å². The average molecular weight is 348 g/mol. The van der Waals surface area contributed by atoms with Gasteiger partial charge in [-0.25, -0.2) is 12.8 Å². The molecule has 1 amide bonds. The van der Waals surface area contributed by atoms with Crippen molar-refractivity contribution in [2.24, 2.45) is 0 Å². The lowest BCUT2D eigenvalue weighted by Gasteiger charge is -2.17. The Kier molecular flexibility index (Phi) is 4.04. The number of carbonyl (C=O) groups is 1. The summed E-state index contributed by atoms with van der Waals surface area (Å²) in [5, 5.41) is 2.67. The van der Waals surface area contributed by atoms with Gasteiger partial charge in [0.25, 0.3) is 5.91 Å². The number of hydrogen-bond donors (Lipinski definition) is 1. The second-order valence-corrected chi connectivity index (χ2v) is 7.75. The zero-order chi connectivity index (χ0) is 17.5. The third-order valence-corrected chi connectivity index (χ3v) is 5.23. The van der Waals surface area contributed by atoms with Crippen LogP contribution < -0.4 is 9.62 Å². The standard InChI is InChI=1S/C17H17FN2O3S/c1-11-3-6-14(18)10-15(11)19-17(21)13-5-4-12-7-8-20(16(12)9-13)24(2,22)23/h3-6,9-10H,7-8H2,1-2H3,(H,19,21). The molecule has 7 heteroatoms. The highest BCUT2D eigenvalue weighted by Crippen LogP contribution is 2.31. The SMILES string of the molecule is Cc1ccc(F)cc1NC(=O)c1ccc2c(c1)N(S(C)(=O)=O)CC2. The molecular weight excluding hydrogens is 331 g/mol. The first-order valence-corrected chi connectivity index (χ1v) is 9.29. The number of carbonyl (C=O) groups excluding carboxylic acids is 1. The molecule has 1 N–H and O–H groups in total. The van der Waals surface area contributed by atoms with Crippen molar-refractivity contribution in [3.8, 4) is 0 Å². The van der Waals surface area contributed by atoms with E-state index in [4.69, 9.17) is 0 Å². The number of nitrogens with one attached hydrogen (secondary N) is 1. The monoisotopic (exact) mass is 348 g/mol. The number of fused-ring (bicyclic) bond motifs is 1. The minimum absolute atomic E-state index is 0.327. The zero-order valence-corrected chi connectivity index (χ0v) is 14.2. The van der Waals surface area contributed by atoms with E-state index in [0.29, 0.717) is 29.9 Å². The Morgan fingerprint density at radius 1 is 1.21 bits per heavy atom. The summed E-state index contributed by atoms with van der Waals surface area (Å²) in [6.45, 7) is 2.14. The Balaban J connectivity index is 1.91. The Bertz CT molecular complexity index is 925. The molecule has 2 aromatic carbocycles. The van der Waals surface area contributed by atoms with Crippen LogP contribution in [0.4, 0.5) is 15.8 Å². The summed E-state index contributed by atoms with van der Waals surface area (Å²) in [4.78, 5) is 12.4. The number of aryl methyl sites for hydroxylation is 1. The third-order valence-electron chi connectivity index (χ3n) is 4.05. The first-order valence-electron chi connectivity index (χ1n) is 7.44. The van der Waals surface area contributed by atoms with Crippen LogP contribution in [-0.4, -0.2) is 27.1 Å². The van der Waals surface area contributed by atoms with Crippen LogP contribution in [0.5, 0.6) is 0 Å². The van der Waals surface area contributed by atoms with Crippen LogP contribution >= 0.6 is 0 Å². The van der Waals surface area contributed by atoms with E-state index in [1.54, 1.807) is 31.2 Å². The first-order chi connectivity index (χ1) is 11.3. The zero-order valence-electron chi connectivity index (χ0n) is 13.3. The molecule has 0 bridgehead atoms. The number of benzene rings is 2. The molecule has 0 unspecified atom stereocenters. The second kappa shape index (κ2) is 5.90. The fourth-order valence-electron chi connectivity index (χ4n) is 2.76. The van der Waals surface area contributed by atoms with E-state index in [1.165, 1.54) is 16.4 Å². The second-order valence-electron chi connectivity index (χ2n) is 5.84. The predicted molar refractivity (Wildman–Crippen MR) is 91.4 cm³/mol. The molecule has 0 aliphatic carbocycles. The van der Waals surface area contributed by atoms with E-state index in [1.807, 2.05) is 0 Å². The van der Waals surface area contributed by atoms with Crippen molar-refractivity contribution in [1.29, 1.82) is 0 Å². The number of halogens is 1. The highest BCUT2D eigenvalue weighted by atomic mass is 32.2. The molecular formula is C17H17FN2O3S. The minimum atomic E-state index is -3.38. The number of amides is 1. The Labute approximate surface area is 140 Å². The number of rotatable bonds is 3. The van der Waals surface area contributed by atoms with Gasteiger partial charge in [-0.1, -0.05) is 12.1 Å². The summed E-state index contributed by atoms with van der Waals surface area (Å²) in [5.41, 5.74) is 2.87. The van der Waals surface area contributed by atoms with Gasteiger partial charge in [0.1, 0.15) is 5.82 Å². The van der Waals surface area contributed by atoms with Gasteiger partial charge in [-0.3, -0.25) is 9.10 Å². The Morgan fingerprint density at radius 2 is 1.96 bits per heavy atom. The molecule has 0 aromatic heterocycles. The number of anilines is 2. The van der Waals surface area contributed by atoms with Crippen molar-refractivity contribution in [2.45, 2.75) is 13.3 Å². The van der Waals surface area contributed by atoms with Gasteiger partial charge < -0.3 is 5.32 Å². The van der Waals surface area contributed by atoms with Crippen LogP contribution in [0.25, 0.3) is 0 Å². The summed E-state index contributed by atoms with van der Waals surface area (Å²) in [6, 6.07) is 9.13. The molecule has 3 rings (SSSR count). The summed E-state index contributed by atoms with van der Waals surface area (Å²) >= 11 is 0. The maximum absolute atomic E-state index is 13.3. The summed E-state index contributed by atoms with van der Waals surface area (Å²) in [7, 11) is -3.38. The smallest absolute Gasteiger partial charge is 0.255 e. The fraction of sp³-hybridized carbons (Fsp3) is 0.235. The molecule has 1 aliphatic rings. The van der Waals surface area contributed by atoms with Crippen LogP contribution in [0.3, 0.4) is 0 Å². The molecule has 5 nitrogen and oxygen atoms in total. The topological polar surface area (TPSA) is 66.5 Å². The van der Waals surface area contributed by atoms with Crippen molar-refractivity contribution in [1.82, 2.24) is 0 Å². The molecule has 0 saturated carbocycles. The van der Waals surface area contributed by atoms with Crippen LogP contribution in [0.1, 0.15) is 21.5 Å². The molecule has 0 atom stereocenters. The van der Waals surface area contributed by atoms with Gasteiger partial charge in [-0.15, -0.1) is 0 Å². The highest BCUT2D eigenvalue weighted by molar-refractivity contribution is 7.92. The van der Waals surface area contributed by atoms with Crippen LogP contribution in [0.15, 0.2) is 36.4 Å². The Morgan fingerprint density at radius 3 is 2.67 bits per heavy atom. The third kappa shape index (κ3) is 3.12. The van der Waals surface area contributed by atoms with Gasteiger partial charge in [-0.2, -0.15) is 0 Å². The Hall–Kier alpha value is -2.41. The molecule has 0 fully saturated rings. The maximum atomic E-state index is 13.3. The maximum Gasteiger partial charge on any atom is 0.255 e. The average Bonchev–Trinajstić information content (AvgIpc) is 2.94. The predicted octanol–water partition coefficient (Wildman–Crippen LogP) is 2.71. The first kappa shape index (κ1) is 16.4. The fourth-order valence-corrected chi connectivity index (χ4v) is 3.71. The molecule has 1 aliphatic heterocycles. The summed E-state index contributed by atoms with van der Waals surface area (Å²) < 4.78 is 38.3. The summed E-state index contributed by atoms with van der Waals surface area (Å²) in [6.07, 6.45) is 1.76. The lowest BCUT2D eigenvalue weighted by Crippen LogP contribution is -2.27. The molecule has 0 spiro atoms. The summed E-state index contributed by atoms with van der Waals surface area (Å²) in [5.74, 6) is -0.847. The highest BCUT2D eigenvalue weighted by Gasteiger charge is 2.27. The van der Waals surface area contributed by atoms with Crippen LogP contribution in [0.2, 0.25) is 0 Å². The number of hydrogen-bond acceptors (Lipinski definition) is 3. The van der Waals surface area contributed by atoms with Crippen molar-refractivity contribution < 1.29 is 17.6 Å². The van der Waals surface area contributed by atoms with E-state index in [2.05, 4.69) is 5.32 Å². The largest absolute Gasteiger partial charge is 0.322 e. The van der Waals surface area contributed by atoms with Crippen molar-refractivity contribution in [2.75, 3.05) is 22.4 Å². The molecule has 24 heavy (non-hydrogen) atoms. The van der Waals surface area contributed by atoms with Crippen molar-refractivity contribution in [3.05, 3.63) is 58.9 Å². The van der Waals surface area contributed by atoms with E-state index < -0.39 is 21.7 Å². The minimum Gasteiger partial charge on any atom is -0.322 e. The van der Waals surface area contributed by atoms with Gasteiger partial charge in [-0.05, 0) is 48.7 Å². The van der Waals surface area contributed by atoms with E-state index in [9.17, 15) is 17.6 Å². The van der Waals surface area contributed by atoms with Crippen LogP contribution in [0, 0.1) is 12.7 Å². The van der Waals surface area contributed by atoms with Gasteiger partial charge in [0.2, 0.25) is 10.0 Å². The molecule has 0 saturated heterocycles. The quantitative estimate of drug-likeness (QED) is 0.927. The number of nitrogens with zero attached hydrogens (tertiary/aromatic N) is 1. The van der Waals surface area contributed by atoms with Gasteiger partial charge >= 0.3 is 0 Å². The van der Waals surface area contributed by atoms with Gasteiger partial charge in [0, 0.05) is 17.8 Å². The van der Waals surface area contributed by atoms with Crippen molar-refractivity contribution in [3.63, 3.8) is 0 Å².